The van der Waals surface area contributed by atoms with Crippen molar-refractivity contribution in [1.82, 2.24) is 10.2 Å². The van der Waals surface area contributed by atoms with E-state index >= 15 is 0 Å². The smallest absolute Gasteiger partial charge is 0.369 e. The Kier molecular flexibility index (Phi) is 4.71. The lowest BCUT2D eigenvalue weighted by atomic mass is 9.86. The maximum atomic E-state index is 12.5. The first kappa shape index (κ1) is 17.1. The van der Waals surface area contributed by atoms with Gasteiger partial charge < -0.3 is 15.1 Å². The molecule has 0 saturated carbocycles. The number of carbonyl (C=O) groups is 1. The molecule has 0 bridgehead atoms. The van der Waals surface area contributed by atoms with Crippen molar-refractivity contribution in [3.63, 3.8) is 0 Å². The highest BCUT2D eigenvalue weighted by molar-refractivity contribution is 5.82. The molecule has 1 aromatic rings. The fourth-order valence-corrected chi connectivity index (χ4v) is 3.50. The lowest BCUT2D eigenvalue weighted by molar-refractivity contribution is -0.174. The number of hydrogen-bond acceptors (Lipinski definition) is 3. The standard InChI is InChI=1S/C17H22F3N3O/c1-22-7-9-23(10-8-22)15-4-2-3-12-5-6-13(11-14(12)15)21-16(24)17(18,19)20/h2-4,13H,5-11H2,1H3,(H,21,24)/t13-/m1/s1. The van der Waals surface area contributed by atoms with Crippen LogP contribution in [-0.4, -0.2) is 56.3 Å². The van der Waals surface area contributed by atoms with Crippen LogP contribution in [0.5, 0.6) is 0 Å². The molecule has 0 unspecified atom stereocenters. The predicted octanol–water partition coefficient (Wildman–Crippen LogP) is 1.97. The minimum Gasteiger partial charge on any atom is -0.369 e. The van der Waals surface area contributed by atoms with Crippen LogP contribution >= 0.6 is 0 Å². The Hall–Kier alpha value is -1.76. The van der Waals surface area contributed by atoms with Crippen molar-refractivity contribution in [3.8, 4) is 0 Å². The summed E-state index contributed by atoms with van der Waals surface area (Å²) >= 11 is 0. The van der Waals surface area contributed by atoms with E-state index in [9.17, 15) is 18.0 Å². The Morgan fingerprint density at radius 2 is 1.92 bits per heavy atom. The third kappa shape index (κ3) is 3.66. The summed E-state index contributed by atoms with van der Waals surface area (Å²) < 4.78 is 37.4. The van der Waals surface area contributed by atoms with Gasteiger partial charge in [-0.1, -0.05) is 12.1 Å². The summed E-state index contributed by atoms with van der Waals surface area (Å²) in [4.78, 5) is 15.8. The normalized spacial score (nSPS) is 22.2. The first-order chi connectivity index (χ1) is 11.3. The van der Waals surface area contributed by atoms with E-state index in [-0.39, 0.29) is 0 Å². The molecule has 1 aliphatic carbocycles. The molecule has 1 aromatic carbocycles. The van der Waals surface area contributed by atoms with Gasteiger partial charge >= 0.3 is 12.1 Å². The van der Waals surface area contributed by atoms with Crippen LogP contribution in [0.15, 0.2) is 18.2 Å². The Labute approximate surface area is 139 Å². The highest BCUT2D eigenvalue weighted by Gasteiger charge is 2.40. The molecule has 1 saturated heterocycles. The molecule has 1 heterocycles. The molecule has 24 heavy (non-hydrogen) atoms. The summed E-state index contributed by atoms with van der Waals surface area (Å²) in [5.41, 5.74) is 3.37. The van der Waals surface area contributed by atoms with Crippen LogP contribution in [0.25, 0.3) is 0 Å². The van der Waals surface area contributed by atoms with Gasteiger partial charge in [-0.25, -0.2) is 0 Å². The fourth-order valence-electron chi connectivity index (χ4n) is 3.50. The van der Waals surface area contributed by atoms with Gasteiger partial charge in [0.05, 0.1) is 0 Å². The lowest BCUT2D eigenvalue weighted by Gasteiger charge is -2.37. The minimum absolute atomic E-state index is 0.458. The number of benzene rings is 1. The number of alkyl halides is 3. The van der Waals surface area contributed by atoms with E-state index in [1.165, 1.54) is 5.56 Å². The monoisotopic (exact) mass is 341 g/mol. The SMILES string of the molecule is CN1CCN(c2cccc3c2C[C@H](NC(=O)C(F)(F)F)CC3)CC1. The molecule has 0 spiro atoms. The first-order valence-corrected chi connectivity index (χ1v) is 8.26. The predicted molar refractivity (Wildman–Crippen MR) is 86.2 cm³/mol. The zero-order valence-electron chi connectivity index (χ0n) is 13.7. The molecular weight excluding hydrogens is 319 g/mol. The number of amides is 1. The average molecular weight is 341 g/mol. The number of nitrogens with zero attached hydrogens (tertiary/aromatic N) is 2. The van der Waals surface area contributed by atoms with Gasteiger partial charge in [-0.3, -0.25) is 4.79 Å². The summed E-state index contributed by atoms with van der Waals surface area (Å²) in [5, 5.41) is 2.15. The zero-order chi connectivity index (χ0) is 17.3. The van der Waals surface area contributed by atoms with Crippen molar-refractivity contribution in [1.29, 1.82) is 0 Å². The van der Waals surface area contributed by atoms with E-state index in [0.29, 0.717) is 19.3 Å². The molecule has 3 rings (SSSR count). The van der Waals surface area contributed by atoms with Gasteiger partial charge in [0.15, 0.2) is 0 Å². The van der Waals surface area contributed by atoms with E-state index in [1.807, 2.05) is 18.2 Å². The third-order valence-corrected chi connectivity index (χ3v) is 4.90. The number of nitrogens with one attached hydrogen (secondary N) is 1. The minimum atomic E-state index is -4.82. The van der Waals surface area contributed by atoms with Gasteiger partial charge in [0.2, 0.25) is 0 Å². The molecule has 132 valence electrons. The van der Waals surface area contributed by atoms with E-state index < -0.39 is 18.1 Å². The molecule has 1 amide bonds. The maximum absolute atomic E-state index is 12.5. The number of anilines is 1. The second-order valence-corrected chi connectivity index (χ2v) is 6.62. The molecule has 1 N–H and O–H groups in total. The van der Waals surface area contributed by atoms with Crippen molar-refractivity contribution in [2.45, 2.75) is 31.5 Å². The molecule has 2 aliphatic rings. The van der Waals surface area contributed by atoms with Gasteiger partial charge in [0.25, 0.3) is 0 Å². The Morgan fingerprint density at radius 1 is 1.21 bits per heavy atom. The van der Waals surface area contributed by atoms with Gasteiger partial charge in [0, 0.05) is 37.9 Å². The van der Waals surface area contributed by atoms with Crippen LogP contribution in [-0.2, 0) is 17.6 Å². The number of likely N-dealkylation sites (N-methyl/N-ethyl adjacent to an activating group) is 1. The van der Waals surface area contributed by atoms with Crippen LogP contribution in [0.2, 0.25) is 0 Å². The number of rotatable bonds is 2. The number of carbonyl (C=O) groups excluding carboxylic acids is 1. The molecule has 1 aliphatic heterocycles. The summed E-state index contributed by atoms with van der Waals surface area (Å²) in [5.74, 6) is -1.84. The van der Waals surface area contributed by atoms with Crippen molar-refractivity contribution < 1.29 is 18.0 Å². The van der Waals surface area contributed by atoms with E-state index in [1.54, 1.807) is 0 Å². The zero-order valence-corrected chi connectivity index (χ0v) is 13.7. The van der Waals surface area contributed by atoms with Gasteiger partial charge in [-0.15, -0.1) is 0 Å². The summed E-state index contributed by atoms with van der Waals surface area (Å²) in [7, 11) is 2.08. The summed E-state index contributed by atoms with van der Waals surface area (Å²) in [6.07, 6.45) is -3.13. The number of aryl methyl sites for hydroxylation is 1. The number of piperazine rings is 1. The van der Waals surface area contributed by atoms with Crippen LogP contribution in [0.3, 0.4) is 0 Å². The lowest BCUT2D eigenvalue weighted by Crippen LogP contribution is -2.47. The second-order valence-electron chi connectivity index (χ2n) is 6.62. The third-order valence-electron chi connectivity index (χ3n) is 4.90. The molecule has 4 nitrogen and oxygen atoms in total. The highest BCUT2D eigenvalue weighted by Crippen LogP contribution is 2.31. The van der Waals surface area contributed by atoms with E-state index in [2.05, 4.69) is 22.2 Å². The summed E-state index contributed by atoms with van der Waals surface area (Å²) in [6.45, 7) is 3.76. The number of hydrogen-bond donors (Lipinski definition) is 1. The first-order valence-electron chi connectivity index (χ1n) is 8.26. The largest absolute Gasteiger partial charge is 0.471 e. The van der Waals surface area contributed by atoms with Crippen molar-refractivity contribution in [3.05, 3.63) is 29.3 Å². The Balaban J connectivity index is 1.76. The molecule has 7 heteroatoms. The number of halogens is 3. The van der Waals surface area contributed by atoms with Crippen molar-refractivity contribution >= 4 is 11.6 Å². The van der Waals surface area contributed by atoms with E-state index in [0.717, 1.165) is 37.4 Å². The van der Waals surface area contributed by atoms with Gasteiger partial charge in [-0.2, -0.15) is 13.2 Å². The quantitative estimate of drug-likeness (QED) is 0.893. The van der Waals surface area contributed by atoms with Crippen LogP contribution in [0.4, 0.5) is 18.9 Å². The molecule has 0 radical (unpaired) electrons. The second kappa shape index (κ2) is 6.63. The van der Waals surface area contributed by atoms with E-state index in [4.69, 9.17) is 0 Å². The fraction of sp³-hybridized carbons (Fsp3) is 0.588. The topological polar surface area (TPSA) is 35.6 Å². The molecule has 0 aromatic heterocycles. The summed E-state index contributed by atoms with van der Waals surface area (Å²) in [6, 6.07) is 5.64. The van der Waals surface area contributed by atoms with Crippen LogP contribution in [0, 0.1) is 0 Å². The Bertz CT molecular complexity index is 610. The number of fused-ring (bicyclic) bond motifs is 1. The Morgan fingerprint density at radius 3 is 2.58 bits per heavy atom. The maximum Gasteiger partial charge on any atom is 0.471 e. The highest BCUT2D eigenvalue weighted by atomic mass is 19.4. The molecular formula is C17H22F3N3O. The van der Waals surface area contributed by atoms with Crippen LogP contribution in [0.1, 0.15) is 17.5 Å². The van der Waals surface area contributed by atoms with Crippen molar-refractivity contribution in [2.75, 3.05) is 38.1 Å². The van der Waals surface area contributed by atoms with Gasteiger partial charge in [0.1, 0.15) is 0 Å². The van der Waals surface area contributed by atoms with Gasteiger partial charge in [-0.05, 0) is 43.5 Å². The van der Waals surface area contributed by atoms with Crippen LogP contribution < -0.4 is 10.2 Å². The average Bonchev–Trinajstić information content (AvgIpc) is 2.54. The molecule has 1 atom stereocenters. The van der Waals surface area contributed by atoms with Crippen molar-refractivity contribution in [2.24, 2.45) is 0 Å². The molecule has 1 fully saturated rings.